The van der Waals surface area contributed by atoms with Crippen LogP contribution < -0.4 is 19.5 Å². The van der Waals surface area contributed by atoms with Gasteiger partial charge in [-0.2, -0.15) is 4.98 Å². The number of anilines is 1. The number of imidazole rings is 1. The molecule has 0 atom stereocenters. The summed E-state index contributed by atoms with van der Waals surface area (Å²) in [6.07, 6.45) is 1.66. The molecule has 0 fully saturated rings. The summed E-state index contributed by atoms with van der Waals surface area (Å²) >= 11 is 0. The molecular weight excluding hydrogens is 592 g/mol. The zero-order valence-corrected chi connectivity index (χ0v) is 25.2. The van der Waals surface area contributed by atoms with Crippen LogP contribution in [-0.4, -0.2) is 48.1 Å². The molecule has 0 aliphatic heterocycles. The van der Waals surface area contributed by atoms with E-state index in [2.05, 4.69) is 15.0 Å². The van der Waals surface area contributed by atoms with Gasteiger partial charge in [-0.1, -0.05) is 48.5 Å². The monoisotopic (exact) mass is 620 g/mol. The van der Waals surface area contributed by atoms with Crippen molar-refractivity contribution >= 4 is 33.0 Å². The number of rotatable bonds is 10. The second kappa shape index (κ2) is 12.5. The van der Waals surface area contributed by atoms with E-state index in [1.165, 1.54) is 31.4 Å². The van der Waals surface area contributed by atoms with Gasteiger partial charge in [0.1, 0.15) is 22.8 Å². The van der Waals surface area contributed by atoms with E-state index in [4.69, 9.17) is 19.4 Å². The number of ether oxygens (including phenoxy) is 2. The van der Waals surface area contributed by atoms with Gasteiger partial charge in [-0.15, -0.1) is 0 Å². The molecule has 0 radical (unpaired) electrons. The van der Waals surface area contributed by atoms with E-state index in [-0.39, 0.29) is 10.5 Å². The minimum Gasteiger partial charge on any atom is -0.497 e. The zero-order valence-electron chi connectivity index (χ0n) is 24.3. The number of methoxy groups -OCH3 is 2. The Bertz CT molecular complexity index is 2100. The molecule has 1 amide bonds. The van der Waals surface area contributed by atoms with E-state index in [0.29, 0.717) is 41.0 Å². The lowest BCUT2D eigenvalue weighted by molar-refractivity contribution is 0.0981. The molecule has 0 aliphatic carbocycles. The Morgan fingerprint density at radius 3 is 2.27 bits per heavy atom. The third kappa shape index (κ3) is 6.31. The standard InChI is InChI=1S/C33H28N6O5S/c1-43-26-12-6-8-23(18-26)30-36-29-21-35-33(37-31(29)39(30)25-10-4-3-5-11-25)34-20-22-14-16-28(17-15-22)45(41,42)38-32(40)24-9-7-13-27(19-24)44-2/h3-19,21H,20H2,1-2H3,(H,38,40)(H,34,35,37). The third-order valence-electron chi connectivity index (χ3n) is 6.99. The lowest BCUT2D eigenvalue weighted by Crippen LogP contribution is -2.30. The van der Waals surface area contributed by atoms with E-state index in [1.54, 1.807) is 37.6 Å². The fraction of sp³-hybridized carbons (Fsp3) is 0.0909. The molecule has 226 valence electrons. The van der Waals surface area contributed by atoms with Crippen LogP contribution in [0.3, 0.4) is 0 Å². The molecule has 4 aromatic carbocycles. The van der Waals surface area contributed by atoms with Gasteiger partial charge in [-0.05, 0) is 60.2 Å². The first kappa shape index (κ1) is 29.3. The highest BCUT2D eigenvalue weighted by Gasteiger charge is 2.20. The lowest BCUT2D eigenvalue weighted by Gasteiger charge is -2.11. The number of aromatic nitrogens is 4. The van der Waals surface area contributed by atoms with Gasteiger partial charge >= 0.3 is 0 Å². The van der Waals surface area contributed by atoms with Gasteiger partial charge in [0.05, 0.1) is 25.3 Å². The molecule has 12 heteroatoms. The second-order valence-electron chi connectivity index (χ2n) is 9.90. The number of carbonyl (C=O) groups is 1. The Balaban J connectivity index is 1.21. The van der Waals surface area contributed by atoms with E-state index in [1.807, 2.05) is 59.2 Å². The normalized spacial score (nSPS) is 11.2. The van der Waals surface area contributed by atoms with Crippen molar-refractivity contribution in [2.45, 2.75) is 11.4 Å². The molecule has 6 aromatic rings. The summed E-state index contributed by atoms with van der Waals surface area (Å²) in [7, 11) is -1.01. The Morgan fingerprint density at radius 2 is 1.53 bits per heavy atom. The molecule has 0 spiro atoms. The van der Waals surface area contributed by atoms with Gasteiger partial charge in [-0.3, -0.25) is 9.36 Å². The largest absolute Gasteiger partial charge is 0.497 e. The summed E-state index contributed by atoms with van der Waals surface area (Å²) < 4.78 is 40.3. The Labute approximate surface area is 259 Å². The minimum absolute atomic E-state index is 0.0444. The molecule has 2 aromatic heterocycles. The van der Waals surface area contributed by atoms with Crippen LogP contribution in [0.5, 0.6) is 11.5 Å². The quantitative estimate of drug-likeness (QED) is 0.211. The molecule has 0 aliphatic rings. The van der Waals surface area contributed by atoms with Crippen molar-refractivity contribution in [2.75, 3.05) is 19.5 Å². The SMILES string of the molecule is COc1cccc(C(=O)NS(=O)(=O)c2ccc(CNc3ncc4nc(-c5cccc(OC)c5)n(-c5ccccc5)c4n3)cc2)c1. The number of hydrogen-bond donors (Lipinski definition) is 2. The van der Waals surface area contributed by atoms with Crippen LogP contribution in [0, 0.1) is 0 Å². The van der Waals surface area contributed by atoms with Crippen LogP contribution in [-0.2, 0) is 16.6 Å². The highest BCUT2D eigenvalue weighted by atomic mass is 32.2. The van der Waals surface area contributed by atoms with Crippen LogP contribution in [0.1, 0.15) is 15.9 Å². The van der Waals surface area contributed by atoms with Gasteiger partial charge in [0, 0.05) is 23.4 Å². The molecule has 6 rings (SSSR count). The number of para-hydroxylation sites is 1. The van der Waals surface area contributed by atoms with E-state index < -0.39 is 15.9 Å². The molecule has 0 bridgehead atoms. The average molecular weight is 621 g/mol. The number of benzene rings is 4. The van der Waals surface area contributed by atoms with Gasteiger partial charge in [0.25, 0.3) is 15.9 Å². The summed E-state index contributed by atoms with van der Waals surface area (Å²) in [6, 6.07) is 29.9. The first-order valence-electron chi connectivity index (χ1n) is 13.8. The Morgan fingerprint density at radius 1 is 0.822 bits per heavy atom. The van der Waals surface area contributed by atoms with Crippen molar-refractivity contribution < 1.29 is 22.7 Å². The van der Waals surface area contributed by atoms with Crippen LogP contribution in [0.15, 0.2) is 114 Å². The number of nitrogens with one attached hydrogen (secondary N) is 2. The molecule has 45 heavy (non-hydrogen) atoms. The van der Waals surface area contributed by atoms with Crippen LogP contribution in [0.4, 0.5) is 5.95 Å². The summed E-state index contributed by atoms with van der Waals surface area (Å²) in [5.41, 5.74) is 3.93. The van der Waals surface area contributed by atoms with Crippen molar-refractivity contribution in [1.29, 1.82) is 0 Å². The molecule has 2 N–H and O–H groups in total. The molecular formula is C33H28N6O5S. The maximum absolute atomic E-state index is 12.9. The highest BCUT2D eigenvalue weighted by molar-refractivity contribution is 7.90. The van der Waals surface area contributed by atoms with Crippen LogP contribution in [0.2, 0.25) is 0 Å². The number of sulfonamides is 1. The number of amides is 1. The van der Waals surface area contributed by atoms with E-state index in [9.17, 15) is 13.2 Å². The number of nitrogens with zero attached hydrogens (tertiary/aromatic N) is 4. The van der Waals surface area contributed by atoms with Gasteiger partial charge in [0.15, 0.2) is 5.65 Å². The number of fused-ring (bicyclic) bond motifs is 1. The van der Waals surface area contributed by atoms with Crippen molar-refractivity contribution in [3.8, 4) is 28.6 Å². The summed E-state index contributed by atoms with van der Waals surface area (Å²) in [4.78, 5) is 26.6. The topological polar surface area (TPSA) is 137 Å². The minimum atomic E-state index is -4.09. The molecule has 11 nitrogen and oxygen atoms in total. The van der Waals surface area contributed by atoms with E-state index in [0.717, 1.165) is 16.8 Å². The predicted molar refractivity (Wildman–Crippen MR) is 170 cm³/mol. The summed E-state index contributed by atoms with van der Waals surface area (Å²) in [6.45, 7) is 0.324. The predicted octanol–water partition coefficient (Wildman–Crippen LogP) is 5.23. The fourth-order valence-corrected chi connectivity index (χ4v) is 5.68. The molecule has 0 unspecified atom stereocenters. The first-order valence-corrected chi connectivity index (χ1v) is 15.3. The van der Waals surface area contributed by atoms with Crippen molar-refractivity contribution in [2.24, 2.45) is 0 Å². The summed E-state index contributed by atoms with van der Waals surface area (Å²) in [5.74, 6) is 1.47. The number of carbonyl (C=O) groups excluding carboxylic acids is 1. The van der Waals surface area contributed by atoms with Gasteiger partial charge in [0.2, 0.25) is 5.95 Å². The average Bonchev–Trinajstić information content (AvgIpc) is 3.46. The molecule has 0 saturated heterocycles. The van der Waals surface area contributed by atoms with Gasteiger partial charge in [-0.25, -0.2) is 23.1 Å². The smallest absolute Gasteiger partial charge is 0.265 e. The Kier molecular flexibility index (Phi) is 8.12. The zero-order chi connectivity index (χ0) is 31.4. The molecule has 2 heterocycles. The maximum Gasteiger partial charge on any atom is 0.265 e. The summed E-state index contributed by atoms with van der Waals surface area (Å²) in [5, 5.41) is 3.21. The van der Waals surface area contributed by atoms with Gasteiger partial charge < -0.3 is 14.8 Å². The first-order chi connectivity index (χ1) is 21.8. The van der Waals surface area contributed by atoms with E-state index >= 15 is 0 Å². The maximum atomic E-state index is 12.9. The van der Waals surface area contributed by atoms with Crippen molar-refractivity contribution in [3.05, 3.63) is 120 Å². The Hall–Kier alpha value is -5.75. The van der Waals surface area contributed by atoms with Crippen LogP contribution in [0.25, 0.3) is 28.2 Å². The fourth-order valence-electron chi connectivity index (χ4n) is 4.71. The molecule has 0 saturated carbocycles. The number of hydrogen-bond acceptors (Lipinski definition) is 9. The highest BCUT2D eigenvalue weighted by Crippen LogP contribution is 2.30. The third-order valence-corrected chi connectivity index (χ3v) is 8.33. The second-order valence-corrected chi connectivity index (χ2v) is 11.6. The van der Waals surface area contributed by atoms with Crippen molar-refractivity contribution in [3.63, 3.8) is 0 Å². The van der Waals surface area contributed by atoms with Crippen LogP contribution >= 0.6 is 0 Å². The van der Waals surface area contributed by atoms with Crippen molar-refractivity contribution in [1.82, 2.24) is 24.2 Å². The lowest BCUT2D eigenvalue weighted by atomic mass is 10.2.